The van der Waals surface area contributed by atoms with Crippen molar-refractivity contribution >= 4 is 61.2 Å². The number of anilines is 1. The van der Waals surface area contributed by atoms with Crippen molar-refractivity contribution in [3.63, 3.8) is 0 Å². The molecule has 1 aliphatic heterocycles. The van der Waals surface area contributed by atoms with E-state index in [1.54, 1.807) is 18.4 Å². The molecule has 274 valence electrons. The van der Waals surface area contributed by atoms with Crippen molar-refractivity contribution in [1.82, 2.24) is 19.8 Å². The Labute approximate surface area is 323 Å². The van der Waals surface area contributed by atoms with E-state index >= 15 is 0 Å². The van der Waals surface area contributed by atoms with Gasteiger partial charge in [-0.1, -0.05) is 37.0 Å². The Bertz CT molecular complexity index is 1440. The van der Waals surface area contributed by atoms with Crippen molar-refractivity contribution in [2.45, 2.75) is 83.8 Å². The third-order valence-electron chi connectivity index (χ3n) is 10.3. The normalized spacial score (nSPS) is 15.9. The van der Waals surface area contributed by atoms with E-state index in [4.69, 9.17) is 4.42 Å². The van der Waals surface area contributed by atoms with Crippen LogP contribution in [0.15, 0.2) is 96.1 Å². The van der Waals surface area contributed by atoms with Crippen LogP contribution >= 0.6 is 49.6 Å². The van der Waals surface area contributed by atoms with Gasteiger partial charge in [0.25, 0.3) is 5.91 Å². The third kappa shape index (κ3) is 12.0. The molecule has 0 radical (unpaired) electrons. The molecule has 11 heteroatoms. The number of hydrogen-bond donors (Lipinski definition) is 0. The van der Waals surface area contributed by atoms with E-state index in [1.165, 1.54) is 61.6 Å². The number of benzene rings is 1. The molecule has 0 unspecified atom stereocenters. The SMILES string of the molecule is Cc1ccc(N(C(=O)c2ccco2)C2CCN(CCC3(CCN(Cc4ccncc4)Cc4ccncc4)CCCCC3)CC2)cc1.Cl.Cl.Cl.Cl. The lowest BCUT2D eigenvalue weighted by Crippen LogP contribution is -2.48. The molecule has 3 aromatic heterocycles. The number of aromatic nitrogens is 2. The first kappa shape index (κ1) is 43.5. The maximum atomic E-state index is 13.6. The molecule has 1 saturated heterocycles. The van der Waals surface area contributed by atoms with Crippen LogP contribution in [0, 0.1) is 12.3 Å². The maximum absolute atomic E-state index is 13.6. The van der Waals surface area contributed by atoms with Crippen LogP contribution in [0.25, 0.3) is 0 Å². The lowest BCUT2D eigenvalue weighted by molar-refractivity contribution is 0.0892. The molecule has 1 aliphatic carbocycles. The lowest BCUT2D eigenvalue weighted by atomic mass is 9.69. The highest BCUT2D eigenvalue weighted by molar-refractivity contribution is 6.04. The van der Waals surface area contributed by atoms with Crippen molar-refractivity contribution in [3.05, 3.63) is 114 Å². The first-order valence-electron chi connectivity index (χ1n) is 17.2. The molecule has 0 spiro atoms. The highest BCUT2D eigenvalue weighted by Crippen LogP contribution is 2.43. The van der Waals surface area contributed by atoms with Crippen molar-refractivity contribution in [1.29, 1.82) is 0 Å². The Hall–Kier alpha value is -2.65. The van der Waals surface area contributed by atoms with Gasteiger partial charge in [-0.05, 0) is 124 Å². The molecule has 6 rings (SSSR count). The molecule has 1 amide bonds. The standard InChI is InChI=1S/C39H49N5O2.4ClH/c1-32-7-9-35(10-8-32)44(38(45)37-6-5-29-46-37)36-15-25-42(26-16-36)27-19-39(17-3-2-4-18-39)20-28-43(30-33-11-21-40-22-12-33)31-34-13-23-41-24-14-34;;;;/h5-14,21-24,29,36H,2-4,15-20,25-28,30-31H2,1H3;4*1H. The average Bonchev–Trinajstić information content (AvgIpc) is 3.65. The van der Waals surface area contributed by atoms with Gasteiger partial charge in [0, 0.05) is 62.7 Å². The van der Waals surface area contributed by atoms with E-state index in [-0.39, 0.29) is 61.6 Å². The van der Waals surface area contributed by atoms with E-state index in [1.807, 2.05) is 29.7 Å². The Morgan fingerprint density at radius 2 is 1.38 bits per heavy atom. The number of piperidine rings is 1. The maximum Gasteiger partial charge on any atom is 0.294 e. The minimum Gasteiger partial charge on any atom is -0.459 e. The van der Waals surface area contributed by atoms with Crippen LogP contribution in [0.2, 0.25) is 0 Å². The number of carbonyl (C=O) groups is 1. The number of carbonyl (C=O) groups excluding carboxylic acids is 1. The minimum atomic E-state index is -0.0449. The Kier molecular flexibility index (Phi) is 18.8. The predicted molar refractivity (Wildman–Crippen MR) is 212 cm³/mol. The van der Waals surface area contributed by atoms with Gasteiger partial charge >= 0.3 is 0 Å². The van der Waals surface area contributed by atoms with Crippen molar-refractivity contribution in [3.8, 4) is 0 Å². The summed E-state index contributed by atoms with van der Waals surface area (Å²) in [5.74, 6) is 0.362. The van der Waals surface area contributed by atoms with Crippen LogP contribution in [0.3, 0.4) is 0 Å². The van der Waals surface area contributed by atoms with E-state index < -0.39 is 0 Å². The van der Waals surface area contributed by atoms with E-state index in [0.29, 0.717) is 11.2 Å². The summed E-state index contributed by atoms with van der Waals surface area (Å²) in [4.78, 5) is 29.3. The van der Waals surface area contributed by atoms with Crippen molar-refractivity contribution in [2.75, 3.05) is 31.1 Å². The quantitative estimate of drug-likeness (QED) is 0.135. The predicted octanol–water partition coefficient (Wildman–Crippen LogP) is 9.61. The van der Waals surface area contributed by atoms with Crippen LogP contribution in [0.1, 0.15) is 85.0 Å². The first-order chi connectivity index (χ1) is 22.6. The van der Waals surface area contributed by atoms with E-state index in [0.717, 1.165) is 57.8 Å². The number of pyridine rings is 2. The van der Waals surface area contributed by atoms with Gasteiger partial charge in [0.05, 0.1) is 6.26 Å². The molecule has 1 aromatic carbocycles. The van der Waals surface area contributed by atoms with Gasteiger partial charge in [0.15, 0.2) is 5.76 Å². The number of furan rings is 1. The zero-order chi connectivity index (χ0) is 31.6. The number of aryl methyl sites for hydroxylation is 1. The summed E-state index contributed by atoms with van der Waals surface area (Å²) >= 11 is 0. The summed E-state index contributed by atoms with van der Waals surface area (Å²) in [5.41, 5.74) is 5.17. The molecular formula is C39H53Cl4N5O2. The van der Waals surface area contributed by atoms with Crippen molar-refractivity contribution < 1.29 is 9.21 Å². The highest BCUT2D eigenvalue weighted by atomic mass is 35.5. The smallest absolute Gasteiger partial charge is 0.294 e. The summed E-state index contributed by atoms with van der Waals surface area (Å²) in [6.07, 6.45) is 20.3. The van der Waals surface area contributed by atoms with E-state index in [2.05, 4.69) is 75.2 Å². The van der Waals surface area contributed by atoms with Crippen LogP contribution in [0.4, 0.5) is 5.69 Å². The summed E-state index contributed by atoms with van der Waals surface area (Å²) in [6, 6.07) is 20.6. The number of likely N-dealkylation sites (tertiary alicyclic amines) is 1. The van der Waals surface area contributed by atoms with E-state index in [9.17, 15) is 4.79 Å². The molecule has 0 bridgehead atoms. The number of nitrogens with zero attached hydrogens (tertiary/aromatic N) is 5. The minimum absolute atomic E-state index is 0. The van der Waals surface area contributed by atoms with Gasteiger partial charge in [-0.2, -0.15) is 0 Å². The summed E-state index contributed by atoms with van der Waals surface area (Å²) in [6.45, 7) is 8.21. The zero-order valence-corrected chi connectivity index (χ0v) is 32.3. The molecule has 50 heavy (non-hydrogen) atoms. The fourth-order valence-electron chi connectivity index (χ4n) is 7.54. The first-order valence-corrected chi connectivity index (χ1v) is 17.2. The fourth-order valence-corrected chi connectivity index (χ4v) is 7.54. The van der Waals surface area contributed by atoms with Gasteiger partial charge in [0.2, 0.25) is 0 Å². The molecule has 2 fully saturated rings. The van der Waals surface area contributed by atoms with Crippen LogP contribution < -0.4 is 4.90 Å². The van der Waals surface area contributed by atoms with Gasteiger partial charge in [0.1, 0.15) is 0 Å². The topological polar surface area (TPSA) is 65.7 Å². The average molecular weight is 766 g/mol. The summed E-state index contributed by atoms with van der Waals surface area (Å²) < 4.78 is 5.55. The summed E-state index contributed by atoms with van der Waals surface area (Å²) in [7, 11) is 0. The zero-order valence-electron chi connectivity index (χ0n) is 29.0. The number of rotatable bonds is 13. The lowest BCUT2D eigenvalue weighted by Gasteiger charge is -2.42. The summed E-state index contributed by atoms with van der Waals surface area (Å²) in [5, 5.41) is 0. The van der Waals surface area contributed by atoms with Crippen LogP contribution in [0.5, 0.6) is 0 Å². The van der Waals surface area contributed by atoms with Gasteiger partial charge in [-0.15, -0.1) is 49.6 Å². The Morgan fingerprint density at radius 3 is 1.92 bits per heavy atom. The Balaban J connectivity index is 0.00000217. The molecule has 4 heterocycles. The molecule has 7 nitrogen and oxygen atoms in total. The fraction of sp³-hybridized carbons (Fsp3) is 0.462. The highest BCUT2D eigenvalue weighted by Gasteiger charge is 2.35. The Morgan fingerprint density at radius 1 is 0.800 bits per heavy atom. The molecule has 1 saturated carbocycles. The second kappa shape index (κ2) is 21.7. The van der Waals surface area contributed by atoms with Crippen molar-refractivity contribution in [2.24, 2.45) is 5.41 Å². The van der Waals surface area contributed by atoms with Gasteiger partial charge in [-0.25, -0.2) is 0 Å². The number of halogens is 4. The molecule has 0 N–H and O–H groups in total. The second-order valence-corrected chi connectivity index (χ2v) is 13.5. The molecule has 2 aliphatic rings. The van der Waals surface area contributed by atoms with Gasteiger partial charge < -0.3 is 14.2 Å². The molecule has 4 aromatic rings. The number of hydrogen-bond acceptors (Lipinski definition) is 6. The van der Waals surface area contributed by atoms with Crippen LogP contribution in [-0.2, 0) is 13.1 Å². The third-order valence-corrected chi connectivity index (χ3v) is 10.3. The number of amides is 1. The van der Waals surface area contributed by atoms with Crippen LogP contribution in [-0.4, -0.2) is 57.9 Å². The largest absolute Gasteiger partial charge is 0.459 e. The molecular weight excluding hydrogens is 712 g/mol. The second-order valence-electron chi connectivity index (χ2n) is 13.5. The van der Waals surface area contributed by atoms with Gasteiger partial charge in [-0.3, -0.25) is 19.7 Å². The molecule has 0 atom stereocenters. The monoisotopic (exact) mass is 763 g/mol.